The molecule has 1 N–H and O–H groups in total. The molecule has 0 spiro atoms. The molecule has 2 heterocycles. The number of piperidine rings is 1. The zero-order valence-electron chi connectivity index (χ0n) is 14.7. The summed E-state index contributed by atoms with van der Waals surface area (Å²) in [4.78, 5) is 15.0. The number of carbonyl (C=O) groups excluding carboxylic acids is 1. The van der Waals surface area contributed by atoms with E-state index in [0.717, 1.165) is 24.3 Å². The molecule has 4 nitrogen and oxygen atoms in total. The normalized spacial score (nSPS) is 18.5. The fraction of sp³-hybridized carbons (Fsp3) is 0.450. The molecule has 24 heavy (non-hydrogen) atoms. The summed E-state index contributed by atoms with van der Waals surface area (Å²) < 4.78 is 2.03. The number of amides is 1. The summed E-state index contributed by atoms with van der Waals surface area (Å²) in [5.41, 5.74) is 3.04. The maximum atomic E-state index is 12.5. The lowest BCUT2D eigenvalue weighted by Crippen LogP contribution is -2.37. The minimum atomic E-state index is -0.0145. The van der Waals surface area contributed by atoms with Crippen molar-refractivity contribution in [1.82, 2.24) is 14.8 Å². The van der Waals surface area contributed by atoms with Gasteiger partial charge in [-0.15, -0.1) is 0 Å². The first-order valence-electron chi connectivity index (χ1n) is 8.86. The molecule has 2 aromatic rings. The van der Waals surface area contributed by atoms with Crippen LogP contribution in [-0.2, 0) is 20.1 Å². The molecule has 3 rings (SSSR count). The minimum Gasteiger partial charge on any atom is -0.347 e. The first-order valence-corrected chi connectivity index (χ1v) is 8.86. The molecule has 1 unspecified atom stereocenters. The average Bonchev–Trinajstić information content (AvgIpc) is 2.96. The summed E-state index contributed by atoms with van der Waals surface area (Å²) in [5, 5.41) is 3.01. The zero-order valence-corrected chi connectivity index (χ0v) is 14.7. The summed E-state index contributed by atoms with van der Waals surface area (Å²) in [6, 6.07) is 14.6. The second-order valence-electron chi connectivity index (χ2n) is 6.75. The van der Waals surface area contributed by atoms with Crippen molar-refractivity contribution in [2.24, 2.45) is 7.05 Å². The average molecular weight is 325 g/mol. The SMILES string of the molecule is CC1CCCCN1Cc1ccc(C(=O)NCc2ccccc2)n1C. The maximum Gasteiger partial charge on any atom is 0.268 e. The second-order valence-corrected chi connectivity index (χ2v) is 6.75. The Bertz CT molecular complexity index is 677. The van der Waals surface area contributed by atoms with Crippen LogP contribution < -0.4 is 5.32 Å². The van der Waals surface area contributed by atoms with Gasteiger partial charge in [0.1, 0.15) is 5.69 Å². The molecule has 4 heteroatoms. The third-order valence-electron chi connectivity index (χ3n) is 5.06. The number of hydrogen-bond donors (Lipinski definition) is 1. The van der Waals surface area contributed by atoms with E-state index in [-0.39, 0.29) is 5.91 Å². The predicted molar refractivity (Wildman–Crippen MR) is 96.7 cm³/mol. The van der Waals surface area contributed by atoms with Crippen LogP contribution in [0.4, 0.5) is 0 Å². The van der Waals surface area contributed by atoms with Gasteiger partial charge in [0.2, 0.25) is 0 Å². The lowest BCUT2D eigenvalue weighted by molar-refractivity contribution is 0.0941. The molecule has 1 aromatic heterocycles. The maximum absolute atomic E-state index is 12.5. The number of nitrogens with one attached hydrogen (secondary N) is 1. The molecule has 0 saturated carbocycles. The van der Waals surface area contributed by atoms with Crippen LogP contribution in [0.25, 0.3) is 0 Å². The number of benzene rings is 1. The van der Waals surface area contributed by atoms with Gasteiger partial charge >= 0.3 is 0 Å². The third kappa shape index (κ3) is 3.88. The van der Waals surface area contributed by atoms with E-state index in [1.54, 1.807) is 0 Å². The molecule has 1 amide bonds. The fourth-order valence-electron chi connectivity index (χ4n) is 3.41. The Morgan fingerprint density at radius 1 is 1.17 bits per heavy atom. The predicted octanol–water partition coefficient (Wildman–Crippen LogP) is 3.33. The van der Waals surface area contributed by atoms with Crippen LogP contribution in [0.3, 0.4) is 0 Å². The van der Waals surface area contributed by atoms with E-state index in [2.05, 4.69) is 23.2 Å². The van der Waals surface area contributed by atoms with Gasteiger partial charge in [-0.3, -0.25) is 9.69 Å². The van der Waals surface area contributed by atoms with Crippen LogP contribution in [-0.4, -0.2) is 28.0 Å². The van der Waals surface area contributed by atoms with Gasteiger partial charge in [-0.25, -0.2) is 0 Å². The van der Waals surface area contributed by atoms with E-state index in [1.807, 2.05) is 48.0 Å². The van der Waals surface area contributed by atoms with Crippen molar-refractivity contribution < 1.29 is 4.79 Å². The molecular weight excluding hydrogens is 298 g/mol. The van der Waals surface area contributed by atoms with Gasteiger partial charge in [0.15, 0.2) is 0 Å². The Morgan fingerprint density at radius 3 is 2.71 bits per heavy atom. The highest BCUT2D eigenvalue weighted by molar-refractivity contribution is 5.92. The van der Waals surface area contributed by atoms with E-state index in [4.69, 9.17) is 0 Å². The standard InChI is InChI=1S/C20H27N3O/c1-16-8-6-7-13-23(16)15-18-11-12-19(22(18)2)20(24)21-14-17-9-4-3-5-10-17/h3-5,9-12,16H,6-8,13-15H2,1-2H3,(H,21,24). The quantitative estimate of drug-likeness (QED) is 0.915. The monoisotopic (exact) mass is 325 g/mol. The molecule has 0 radical (unpaired) electrons. The van der Waals surface area contributed by atoms with E-state index in [0.29, 0.717) is 12.6 Å². The zero-order chi connectivity index (χ0) is 16.9. The summed E-state index contributed by atoms with van der Waals surface area (Å²) in [7, 11) is 1.99. The van der Waals surface area contributed by atoms with Crippen molar-refractivity contribution in [2.75, 3.05) is 6.54 Å². The number of hydrogen-bond acceptors (Lipinski definition) is 2. The summed E-state index contributed by atoms with van der Waals surface area (Å²) in [6.07, 6.45) is 3.88. The Labute approximate surface area is 144 Å². The summed E-state index contributed by atoms with van der Waals surface area (Å²) in [5.74, 6) is -0.0145. The van der Waals surface area contributed by atoms with Crippen molar-refractivity contribution >= 4 is 5.91 Å². The van der Waals surface area contributed by atoms with Gasteiger partial charge in [0.05, 0.1) is 0 Å². The van der Waals surface area contributed by atoms with Crippen LogP contribution in [0.5, 0.6) is 0 Å². The molecule has 0 bridgehead atoms. The van der Waals surface area contributed by atoms with E-state index in [9.17, 15) is 4.79 Å². The molecule has 1 aliphatic rings. The number of aromatic nitrogens is 1. The molecule has 128 valence electrons. The molecule has 1 atom stereocenters. The van der Waals surface area contributed by atoms with Gasteiger partial charge in [0, 0.05) is 31.9 Å². The van der Waals surface area contributed by atoms with E-state index >= 15 is 0 Å². The van der Waals surface area contributed by atoms with Gasteiger partial charge in [-0.2, -0.15) is 0 Å². The Balaban J connectivity index is 1.62. The van der Waals surface area contributed by atoms with Crippen LogP contribution in [0.2, 0.25) is 0 Å². The van der Waals surface area contributed by atoms with Crippen molar-refractivity contribution in [3.05, 3.63) is 59.4 Å². The van der Waals surface area contributed by atoms with Gasteiger partial charge in [0.25, 0.3) is 5.91 Å². The largest absolute Gasteiger partial charge is 0.347 e. The minimum absolute atomic E-state index is 0.0145. The topological polar surface area (TPSA) is 37.3 Å². The fourth-order valence-corrected chi connectivity index (χ4v) is 3.41. The van der Waals surface area contributed by atoms with Gasteiger partial charge < -0.3 is 9.88 Å². The first-order chi connectivity index (χ1) is 11.6. The highest BCUT2D eigenvalue weighted by atomic mass is 16.1. The van der Waals surface area contributed by atoms with Crippen LogP contribution >= 0.6 is 0 Å². The highest BCUT2D eigenvalue weighted by Gasteiger charge is 2.20. The third-order valence-corrected chi connectivity index (χ3v) is 5.06. The van der Waals surface area contributed by atoms with Crippen LogP contribution in [0, 0.1) is 0 Å². The number of carbonyl (C=O) groups is 1. The van der Waals surface area contributed by atoms with E-state index in [1.165, 1.54) is 25.0 Å². The number of rotatable bonds is 5. The highest BCUT2D eigenvalue weighted by Crippen LogP contribution is 2.20. The van der Waals surface area contributed by atoms with Crippen LogP contribution in [0.1, 0.15) is 47.9 Å². The van der Waals surface area contributed by atoms with Crippen molar-refractivity contribution in [2.45, 2.75) is 45.3 Å². The Kier molecular flexibility index (Phi) is 5.36. The lowest BCUT2D eigenvalue weighted by atomic mass is 10.0. The second kappa shape index (κ2) is 7.67. The summed E-state index contributed by atoms with van der Waals surface area (Å²) in [6.45, 7) is 4.93. The number of likely N-dealkylation sites (tertiary alicyclic amines) is 1. The first kappa shape index (κ1) is 16.8. The Morgan fingerprint density at radius 2 is 1.96 bits per heavy atom. The van der Waals surface area contributed by atoms with Crippen molar-refractivity contribution in [3.63, 3.8) is 0 Å². The smallest absolute Gasteiger partial charge is 0.268 e. The molecule has 1 aromatic carbocycles. The van der Waals surface area contributed by atoms with Crippen molar-refractivity contribution in [3.8, 4) is 0 Å². The Hall–Kier alpha value is -2.07. The van der Waals surface area contributed by atoms with Crippen LogP contribution in [0.15, 0.2) is 42.5 Å². The van der Waals surface area contributed by atoms with Crippen molar-refractivity contribution in [1.29, 1.82) is 0 Å². The van der Waals surface area contributed by atoms with Gasteiger partial charge in [-0.1, -0.05) is 36.8 Å². The molecule has 1 saturated heterocycles. The molecule has 1 fully saturated rings. The summed E-state index contributed by atoms with van der Waals surface area (Å²) >= 11 is 0. The molecule has 1 aliphatic heterocycles. The van der Waals surface area contributed by atoms with Gasteiger partial charge in [-0.05, 0) is 44.0 Å². The molecular formula is C20H27N3O. The number of nitrogens with zero attached hydrogens (tertiary/aromatic N) is 2. The lowest BCUT2D eigenvalue weighted by Gasteiger charge is -2.33. The van der Waals surface area contributed by atoms with E-state index < -0.39 is 0 Å². The molecule has 0 aliphatic carbocycles.